The number of nitrogens with zero attached hydrogens (tertiary/aromatic N) is 4. The van der Waals surface area contributed by atoms with E-state index in [2.05, 4.69) is 155 Å². The third-order valence-corrected chi connectivity index (χ3v) is 8.62. The molecule has 9 rings (SSSR count). The van der Waals surface area contributed by atoms with E-state index >= 15 is 0 Å². The van der Waals surface area contributed by atoms with Crippen LogP contribution in [0.1, 0.15) is 0 Å². The fourth-order valence-corrected chi connectivity index (χ4v) is 6.71. The first-order chi connectivity index (χ1) is 21.8. The molecule has 6 aromatic carbocycles. The van der Waals surface area contributed by atoms with Crippen LogP contribution in [0.15, 0.2) is 158 Å². The molecule has 0 radical (unpaired) electrons. The third-order valence-electron chi connectivity index (χ3n) is 8.62. The van der Waals surface area contributed by atoms with Gasteiger partial charge in [-0.2, -0.15) is 0 Å². The zero-order valence-corrected chi connectivity index (χ0v) is 23.8. The minimum Gasteiger partial charge on any atom is -0.309 e. The van der Waals surface area contributed by atoms with E-state index < -0.39 is 0 Å². The van der Waals surface area contributed by atoms with Crippen LogP contribution in [0, 0.1) is 0 Å². The van der Waals surface area contributed by atoms with Gasteiger partial charge in [0.2, 0.25) is 0 Å². The van der Waals surface area contributed by atoms with Crippen molar-refractivity contribution in [2.75, 3.05) is 0 Å². The van der Waals surface area contributed by atoms with Crippen molar-refractivity contribution in [1.82, 2.24) is 19.1 Å². The summed E-state index contributed by atoms with van der Waals surface area (Å²) in [7, 11) is 0. The fraction of sp³-hybridized carbons (Fsp3) is 0. The molecular formula is C40H26N4. The molecule has 0 bridgehead atoms. The predicted molar refractivity (Wildman–Crippen MR) is 182 cm³/mol. The summed E-state index contributed by atoms with van der Waals surface area (Å²) in [4.78, 5) is 9.83. The number of fused-ring (bicyclic) bond motifs is 6. The normalized spacial score (nSPS) is 11.6. The second-order valence-corrected chi connectivity index (χ2v) is 11.1. The Kier molecular flexibility index (Phi) is 5.47. The topological polar surface area (TPSA) is 35.6 Å². The van der Waals surface area contributed by atoms with Gasteiger partial charge in [-0.3, -0.25) is 9.97 Å². The highest BCUT2D eigenvalue weighted by atomic mass is 15.0. The second-order valence-electron chi connectivity index (χ2n) is 11.1. The molecule has 3 heterocycles. The summed E-state index contributed by atoms with van der Waals surface area (Å²) in [5.74, 6) is 0. The number of hydrogen-bond acceptors (Lipinski definition) is 2. The Morgan fingerprint density at radius 1 is 0.341 bits per heavy atom. The molecule has 0 fully saturated rings. The van der Waals surface area contributed by atoms with Gasteiger partial charge in [0.05, 0.1) is 33.5 Å². The van der Waals surface area contributed by atoms with Gasteiger partial charge in [0, 0.05) is 56.4 Å². The molecule has 0 unspecified atom stereocenters. The largest absolute Gasteiger partial charge is 0.309 e. The second kappa shape index (κ2) is 9.79. The van der Waals surface area contributed by atoms with Gasteiger partial charge in [0.25, 0.3) is 0 Å². The lowest BCUT2D eigenvalue weighted by atomic mass is 10.0. The van der Waals surface area contributed by atoms with Crippen LogP contribution in [0.2, 0.25) is 0 Å². The van der Waals surface area contributed by atoms with E-state index in [-0.39, 0.29) is 0 Å². The molecule has 4 heteroatoms. The first-order valence-electron chi connectivity index (χ1n) is 14.8. The maximum Gasteiger partial charge on any atom is 0.0965 e. The monoisotopic (exact) mass is 562 g/mol. The minimum absolute atomic E-state index is 0.862. The molecule has 0 amide bonds. The van der Waals surface area contributed by atoms with Gasteiger partial charge >= 0.3 is 0 Å². The van der Waals surface area contributed by atoms with Crippen LogP contribution < -0.4 is 0 Å². The first kappa shape index (κ1) is 24.6. The van der Waals surface area contributed by atoms with Gasteiger partial charge in [-0.15, -0.1) is 0 Å². The predicted octanol–water partition coefficient (Wildman–Crippen LogP) is 10.0. The zero-order chi connectivity index (χ0) is 29.0. The molecule has 0 aliphatic rings. The minimum atomic E-state index is 0.862. The molecule has 44 heavy (non-hydrogen) atoms. The van der Waals surface area contributed by atoms with Crippen LogP contribution in [0.4, 0.5) is 0 Å². The van der Waals surface area contributed by atoms with Gasteiger partial charge in [0.15, 0.2) is 0 Å². The lowest BCUT2D eigenvalue weighted by Gasteiger charge is -2.12. The van der Waals surface area contributed by atoms with Crippen molar-refractivity contribution in [1.29, 1.82) is 0 Å². The first-order valence-corrected chi connectivity index (χ1v) is 14.8. The number of hydrogen-bond donors (Lipinski definition) is 0. The number of para-hydroxylation sites is 4. The molecular weight excluding hydrogens is 536 g/mol. The quantitative estimate of drug-likeness (QED) is 0.214. The Hall–Kier alpha value is -6.00. The molecule has 9 aromatic rings. The highest BCUT2D eigenvalue weighted by Crippen LogP contribution is 2.38. The summed E-state index contributed by atoms with van der Waals surface area (Å²) in [6, 6.07) is 51.6. The Labute approximate surface area is 254 Å². The molecule has 0 aliphatic heterocycles. The van der Waals surface area contributed by atoms with E-state index in [0.29, 0.717) is 0 Å². The van der Waals surface area contributed by atoms with Crippen molar-refractivity contribution in [2.24, 2.45) is 0 Å². The van der Waals surface area contributed by atoms with Gasteiger partial charge in [0.1, 0.15) is 0 Å². The average Bonchev–Trinajstić information content (AvgIpc) is 3.61. The number of aromatic nitrogens is 4. The van der Waals surface area contributed by atoms with E-state index in [1.165, 1.54) is 32.6 Å². The van der Waals surface area contributed by atoms with E-state index in [0.717, 1.165) is 44.9 Å². The Balaban J connectivity index is 1.27. The van der Waals surface area contributed by atoms with Crippen LogP contribution in [-0.4, -0.2) is 19.1 Å². The Morgan fingerprint density at radius 3 is 1.18 bits per heavy atom. The molecule has 0 aliphatic carbocycles. The summed E-state index contributed by atoms with van der Waals surface area (Å²) >= 11 is 0. The third kappa shape index (κ3) is 3.71. The molecule has 0 atom stereocenters. The smallest absolute Gasteiger partial charge is 0.0965 e. The number of rotatable bonds is 4. The van der Waals surface area contributed by atoms with Gasteiger partial charge in [-0.05, 0) is 48.5 Å². The SMILES string of the molecule is c1ccc(-n2c3ccccc3c3ccc(-c4nccnc4-c4ccc5c6ccccc6n(-c6ccccc6)c5c4)cc32)cc1. The van der Waals surface area contributed by atoms with Crippen molar-refractivity contribution in [2.45, 2.75) is 0 Å². The molecule has 3 aromatic heterocycles. The summed E-state index contributed by atoms with van der Waals surface area (Å²) in [5, 5.41) is 4.90. The van der Waals surface area contributed by atoms with Crippen LogP contribution in [0.3, 0.4) is 0 Å². The van der Waals surface area contributed by atoms with Crippen molar-refractivity contribution in [3.63, 3.8) is 0 Å². The van der Waals surface area contributed by atoms with Gasteiger partial charge < -0.3 is 9.13 Å². The van der Waals surface area contributed by atoms with E-state index in [1.54, 1.807) is 12.4 Å². The fourth-order valence-electron chi connectivity index (χ4n) is 6.71. The van der Waals surface area contributed by atoms with Crippen molar-refractivity contribution < 1.29 is 0 Å². The summed E-state index contributed by atoms with van der Waals surface area (Å²) in [5.41, 5.74) is 10.7. The lowest BCUT2D eigenvalue weighted by molar-refractivity contribution is 1.17. The van der Waals surface area contributed by atoms with E-state index in [1.807, 2.05) is 0 Å². The molecule has 206 valence electrons. The molecule has 0 spiro atoms. The number of benzene rings is 6. The van der Waals surface area contributed by atoms with Crippen molar-refractivity contribution >= 4 is 43.6 Å². The standard InChI is InChI=1S/C40H26N4/c1-3-11-29(12-4-1)43-35-17-9-7-15-31(35)33-21-19-27(25-37(33)43)39-40(42-24-23-41-39)28-20-22-34-32-16-8-10-18-36(32)44(38(34)26-28)30-13-5-2-6-14-30/h1-26H. The maximum absolute atomic E-state index is 4.91. The molecule has 0 N–H and O–H groups in total. The van der Waals surface area contributed by atoms with Crippen LogP contribution >= 0.6 is 0 Å². The van der Waals surface area contributed by atoms with Crippen molar-refractivity contribution in [3.05, 3.63) is 158 Å². The van der Waals surface area contributed by atoms with Crippen LogP contribution in [0.25, 0.3) is 77.5 Å². The van der Waals surface area contributed by atoms with Crippen LogP contribution in [0.5, 0.6) is 0 Å². The highest BCUT2D eigenvalue weighted by Gasteiger charge is 2.18. The average molecular weight is 563 g/mol. The molecule has 4 nitrogen and oxygen atoms in total. The zero-order valence-electron chi connectivity index (χ0n) is 23.8. The highest BCUT2D eigenvalue weighted by molar-refractivity contribution is 6.11. The van der Waals surface area contributed by atoms with Gasteiger partial charge in [-0.1, -0.05) is 97.1 Å². The summed E-state index contributed by atoms with van der Waals surface area (Å²) in [6.07, 6.45) is 3.57. The summed E-state index contributed by atoms with van der Waals surface area (Å²) in [6.45, 7) is 0. The Bertz CT molecular complexity index is 2310. The van der Waals surface area contributed by atoms with Gasteiger partial charge in [-0.25, -0.2) is 0 Å². The summed E-state index contributed by atoms with van der Waals surface area (Å²) < 4.78 is 4.68. The van der Waals surface area contributed by atoms with Crippen molar-refractivity contribution in [3.8, 4) is 33.9 Å². The van der Waals surface area contributed by atoms with E-state index in [9.17, 15) is 0 Å². The maximum atomic E-state index is 4.91. The van der Waals surface area contributed by atoms with Crippen LogP contribution in [-0.2, 0) is 0 Å². The molecule has 0 saturated heterocycles. The Morgan fingerprint density at radius 2 is 0.727 bits per heavy atom. The lowest BCUT2D eigenvalue weighted by Crippen LogP contribution is -1.96. The molecule has 0 saturated carbocycles. The van der Waals surface area contributed by atoms with E-state index in [4.69, 9.17) is 9.97 Å².